The van der Waals surface area contributed by atoms with Crippen LogP contribution in [0.3, 0.4) is 0 Å². The Morgan fingerprint density at radius 3 is 1.38 bits per heavy atom. The Bertz CT molecular complexity index is 3100. The van der Waals surface area contributed by atoms with Crippen molar-refractivity contribution in [3.8, 4) is 0 Å². The van der Waals surface area contributed by atoms with Gasteiger partial charge in [-0.3, -0.25) is 29.0 Å². The number of piperidine rings is 2. The molecule has 0 unspecified atom stereocenters. The minimum Gasteiger partial charge on any atom is -0.444 e. The maximum Gasteiger partial charge on any atom is 0.410 e. The molecule has 4 aromatic rings. The first-order valence-corrected chi connectivity index (χ1v) is 30.2. The number of ether oxygens (including phenoxy) is 2. The molecule has 23 heteroatoms. The molecule has 2 fully saturated rings. The molecule has 478 valence electrons. The van der Waals surface area contributed by atoms with Crippen molar-refractivity contribution in [2.24, 2.45) is 0 Å². The van der Waals surface area contributed by atoms with E-state index in [2.05, 4.69) is 45.1 Å². The largest absolute Gasteiger partial charge is 0.444 e. The fourth-order valence-corrected chi connectivity index (χ4v) is 12.3. The Morgan fingerprint density at radius 1 is 0.586 bits per heavy atom. The summed E-state index contributed by atoms with van der Waals surface area (Å²) in [5.41, 5.74) is 2.15. The van der Waals surface area contributed by atoms with Crippen molar-refractivity contribution in [3.05, 3.63) is 138 Å². The van der Waals surface area contributed by atoms with Crippen molar-refractivity contribution in [2.75, 3.05) is 74.0 Å². The summed E-state index contributed by atoms with van der Waals surface area (Å²) in [7, 11) is 6.58. The molecule has 0 radical (unpaired) electrons. The van der Waals surface area contributed by atoms with Crippen molar-refractivity contribution in [1.29, 1.82) is 0 Å². The lowest BCUT2D eigenvalue weighted by atomic mass is 9.75. The highest BCUT2D eigenvalue weighted by molar-refractivity contribution is 7.59. The molecule has 17 nitrogen and oxygen atoms in total. The fraction of sp³-hybridized carbons (Fsp3) is 0.516. The van der Waals surface area contributed by atoms with Crippen molar-refractivity contribution in [1.82, 2.24) is 40.4 Å². The Balaban J connectivity index is 0.000000307. The summed E-state index contributed by atoms with van der Waals surface area (Å²) in [6, 6.07) is 26.8. The van der Waals surface area contributed by atoms with Gasteiger partial charge in [0.05, 0.1) is 55.1 Å². The number of amides is 6. The minimum absolute atomic E-state index is 0. The summed E-state index contributed by atoms with van der Waals surface area (Å²) in [5, 5.41) is 11.3. The van der Waals surface area contributed by atoms with Crippen LogP contribution in [-0.2, 0) is 68.4 Å². The summed E-state index contributed by atoms with van der Waals surface area (Å²) < 4.78 is 11.3. The van der Waals surface area contributed by atoms with Crippen molar-refractivity contribution in [2.45, 2.75) is 140 Å². The second-order valence-electron chi connectivity index (χ2n) is 24.8. The average molecular weight is 1320 g/mol. The summed E-state index contributed by atoms with van der Waals surface area (Å²) >= 11 is 25.0. The van der Waals surface area contributed by atoms with Crippen LogP contribution < -0.4 is 16.0 Å². The lowest BCUT2D eigenvalue weighted by Crippen LogP contribution is -2.58. The van der Waals surface area contributed by atoms with Gasteiger partial charge in [0.25, 0.3) is 0 Å². The molecule has 0 aromatic heterocycles. The molecule has 4 aliphatic rings. The molecule has 87 heavy (non-hydrogen) atoms. The van der Waals surface area contributed by atoms with Gasteiger partial charge in [-0.15, -0.1) is 0 Å². The number of likely N-dealkylation sites (tertiary alicyclic amines) is 1. The molecule has 2 saturated heterocycles. The molecule has 6 amide bonds. The van der Waals surface area contributed by atoms with Crippen molar-refractivity contribution < 1.29 is 43.0 Å². The fourth-order valence-electron chi connectivity index (χ4n) is 11.7. The Kier molecular flexibility index (Phi) is 26.4. The molecule has 2 atom stereocenters. The van der Waals surface area contributed by atoms with Crippen LogP contribution in [0.2, 0.25) is 20.1 Å². The molecular formula is C64H88Cl4N8O9S2. The summed E-state index contributed by atoms with van der Waals surface area (Å²) in [5.74, 6) is -0.0980. The van der Waals surface area contributed by atoms with Crippen LogP contribution >= 0.6 is 73.4 Å². The van der Waals surface area contributed by atoms with Gasteiger partial charge in [-0.1, -0.05) is 107 Å². The summed E-state index contributed by atoms with van der Waals surface area (Å²) in [6.45, 7) is 18.1. The molecule has 0 aliphatic carbocycles. The molecule has 0 saturated carbocycles. The predicted octanol–water partition coefficient (Wildman–Crippen LogP) is 10.9. The number of likely N-dealkylation sites (N-methyl/N-ethyl adjacent to an activating group) is 4. The molecule has 8 rings (SSSR count). The number of carbonyl (C=O) groups is 7. The van der Waals surface area contributed by atoms with E-state index in [0.717, 1.165) is 63.0 Å². The first-order valence-electron chi connectivity index (χ1n) is 28.7. The standard InChI is InChI=1S/C32H42Cl2N4O4.C19H26Cl2N2O4.C13H16N2O.2H2S/c1-22(39)36(5)21-32(24-11-12-26(33)27(34)20-24,37(6)29(41)42-30(2,3)4)15-18-38-16-13-31(14-17-38)25-10-8-7-9-23(25)19-28(40)35-31;1-13(25)22(5)12-19(9-10-24,14-7-8-15(20)16(21)11-14)23(6)17(26)27-18(2,3)4;16-12-9-10-3-1-2-4-11(10)13(15-12)5-7-14-8-6-13;;/h7-12,20H,13-19,21H2,1-6H3,(H,35,40);7-8,10-11H,9,12H2,1-6H3;1-4,14H,5-9H2,(H,15,16);2*1H2/t32-;19-;;;/m11.../s1. The van der Waals surface area contributed by atoms with Gasteiger partial charge in [0.2, 0.25) is 23.6 Å². The molecule has 4 aliphatic heterocycles. The third kappa shape index (κ3) is 18.4. The van der Waals surface area contributed by atoms with Gasteiger partial charge < -0.3 is 44.9 Å². The van der Waals surface area contributed by atoms with Gasteiger partial charge >= 0.3 is 12.2 Å². The van der Waals surface area contributed by atoms with E-state index < -0.39 is 34.5 Å². The zero-order valence-corrected chi connectivity index (χ0v) is 57.2. The number of hydrogen-bond acceptors (Lipinski definition) is 11. The SMILES string of the molecule is CC(=O)N(C)C[C@](CC=O)(c1ccc(Cl)c(Cl)c1)N(C)C(=O)OC(C)(C)C.CC(=O)N(C)C[C@](CCN1CCC2(CC1)NC(=O)Cc1ccccc12)(c1ccc(Cl)c(Cl)c1)N(C)C(=O)OC(C)(C)C.O=C1Cc2ccccc2C2(CCNCC2)N1.S.S. The Morgan fingerprint density at radius 2 is 0.977 bits per heavy atom. The zero-order valence-electron chi connectivity index (χ0n) is 52.2. The number of halogens is 4. The van der Waals surface area contributed by atoms with E-state index in [-0.39, 0.29) is 86.2 Å². The first-order chi connectivity index (χ1) is 39.8. The number of rotatable bonds is 13. The van der Waals surface area contributed by atoms with Crippen LogP contribution in [-0.4, -0.2) is 152 Å². The number of nitrogens with one attached hydrogen (secondary N) is 3. The third-order valence-corrected chi connectivity index (χ3v) is 18.0. The van der Waals surface area contributed by atoms with Gasteiger partial charge in [-0.05, 0) is 144 Å². The highest BCUT2D eigenvalue weighted by Gasteiger charge is 2.47. The number of nitrogens with zero attached hydrogens (tertiary/aromatic N) is 5. The van der Waals surface area contributed by atoms with E-state index in [9.17, 15) is 33.6 Å². The lowest BCUT2D eigenvalue weighted by Gasteiger charge is -2.48. The van der Waals surface area contributed by atoms with E-state index in [1.807, 2.05) is 51.1 Å². The van der Waals surface area contributed by atoms with Gasteiger partial charge in [-0.25, -0.2) is 9.59 Å². The van der Waals surface area contributed by atoms with Crippen LogP contribution in [0.15, 0.2) is 84.9 Å². The number of carbonyl (C=O) groups excluding carboxylic acids is 7. The van der Waals surface area contributed by atoms with E-state index in [1.54, 1.807) is 82.0 Å². The van der Waals surface area contributed by atoms with Gasteiger partial charge in [0.1, 0.15) is 17.5 Å². The van der Waals surface area contributed by atoms with E-state index in [4.69, 9.17) is 55.9 Å². The summed E-state index contributed by atoms with van der Waals surface area (Å²) in [6.07, 6.45) is 4.54. The van der Waals surface area contributed by atoms with Gasteiger partial charge in [0.15, 0.2) is 0 Å². The first kappa shape index (κ1) is 74.2. The van der Waals surface area contributed by atoms with Crippen LogP contribution in [0.4, 0.5) is 9.59 Å². The highest BCUT2D eigenvalue weighted by Crippen LogP contribution is 2.42. The second-order valence-corrected chi connectivity index (χ2v) is 26.4. The van der Waals surface area contributed by atoms with Crippen molar-refractivity contribution >= 4 is 115 Å². The topological polar surface area (TPSA) is 190 Å². The maximum atomic E-state index is 13.6. The molecule has 4 heterocycles. The molecular weight excluding hydrogens is 1230 g/mol. The number of hydrogen-bond donors (Lipinski definition) is 3. The average Bonchev–Trinajstić information content (AvgIpc) is 2.52. The van der Waals surface area contributed by atoms with Gasteiger partial charge in [-0.2, -0.15) is 27.0 Å². The Hall–Kier alpha value is -5.25. The number of benzene rings is 4. The number of aldehydes is 1. The lowest BCUT2D eigenvalue weighted by molar-refractivity contribution is -0.130. The zero-order chi connectivity index (χ0) is 62.9. The Labute approximate surface area is 548 Å². The molecule has 0 bridgehead atoms. The monoisotopic (exact) mass is 1320 g/mol. The normalized spacial score (nSPS) is 17.1. The maximum absolute atomic E-state index is 13.6. The third-order valence-electron chi connectivity index (χ3n) is 16.6. The highest BCUT2D eigenvalue weighted by atomic mass is 35.5. The summed E-state index contributed by atoms with van der Waals surface area (Å²) in [4.78, 5) is 95.0. The van der Waals surface area contributed by atoms with E-state index in [0.29, 0.717) is 52.7 Å². The molecule has 2 spiro atoms. The van der Waals surface area contributed by atoms with Crippen molar-refractivity contribution in [3.63, 3.8) is 0 Å². The molecule has 3 N–H and O–H groups in total. The number of fused-ring (bicyclic) bond motifs is 4. The quantitative estimate of drug-likeness (QED) is 0.108. The second kappa shape index (κ2) is 31.0. The van der Waals surface area contributed by atoms with Crippen LogP contribution in [0.25, 0.3) is 0 Å². The van der Waals surface area contributed by atoms with Crippen LogP contribution in [0.5, 0.6) is 0 Å². The van der Waals surface area contributed by atoms with Crippen LogP contribution in [0, 0.1) is 0 Å². The smallest absolute Gasteiger partial charge is 0.410 e. The van der Waals surface area contributed by atoms with E-state index in [1.165, 1.54) is 47.4 Å². The molecule has 4 aromatic carbocycles. The predicted molar refractivity (Wildman–Crippen MR) is 355 cm³/mol. The van der Waals surface area contributed by atoms with Crippen LogP contribution in [0.1, 0.15) is 127 Å². The van der Waals surface area contributed by atoms with Gasteiger partial charge in [0, 0.05) is 81.2 Å². The van der Waals surface area contributed by atoms with E-state index >= 15 is 0 Å². The minimum atomic E-state index is -1.17.